The van der Waals surface area contributed by atoms with Gasteiger partial charge in [-0.3, -0.25) is 4.79 Å². The summed E-state index contributed by atoms with van der Waals surface area (Å²) in [6, 6.07) is 6.14. The van der Waals surface area contributed by atoms with Crippen LogP contribution in [0.3, 0.4) is 0 Å². The molecule has 0 radical (unpaired) electrons. The zero-order valence-corrected chi connectivity index (χ0v) is 19.3. The number of ketones is 1. The maximum atomic E-state index is 12.3. The molecule has 1 aliphatic carbocycles. The van der Waals surface area contributed by atoms with Crippen molar-refractivity contribution in [1.82, 2.24) is 9.97 Å². The first-order valence-corrected chi connectivity index (χ1v) is 11.5. The van der Waals surface area contributed by atoms with Crippen LogP contribution in [0.5, 0.6) is 0 Å². The number of pyridine rings is 2. The number of ether oxygens (including phenoxy) is 1. The van der Waals surface area contributed by atoms with Gasteiger partial charge in [0.2, 0.25) is 0 Å². The van der Waals surface area contributed by atoms with Crippen molar-refractivity contribution in [3.05, 3.63) is 41.2 Å². The number of Topliss-reactive ketones (excluding diaryl/α,β-unsaturated/α-hetero) is 1. The second-order valence-corrected chi connectivity index (χ2v) is 9.55. The summed E-state index contributed by atoms with van der Waals surface area (Å²) in [6.45, 7) is 8.57. The second-order valence-electron chi connectivity index (χ2n) is 9.11. The van der Waals surface area contributed by atoms with E-state index in [0.29, 0.717) is 22.8 Å². The Labute approximate surface area is 189 Å². The molecule has 7 heteroatoms. The van der Waals surface area contributed by atoms with Gasteiger partial charge in [-0.15, -0.1) is 0 Å². The molecule has 6 nitrogen and oxygen atoms in total. The fourth-order valence-electron chi connectivity index (χ4n) is 4.40. The molecule has 166 valence electrons. The largest absolute Gasteiger partial charge is 0.381 e. The zero-order valence-electron chi connectivity index (χ0n) is 18.5. The third-order valence-electron chi connectivity index (χ3n) is 6.30. The first-order chi connectivity index (χ1) is 14.9. The highest BCUT2D eigenvalue weighted by Gasteiger charge is 2.49. The monoisotopic (exact) mass is 442 g/mol. The Morgan fingerprint density at radius 3 is 2.58 bits per heavy atom. The van der Waals surface area contributed by atoms with Gasteiger partial charge in [-0.1, -0.05) is 25.4 Å². The van der Waals surface area contributed by atoms with E-state index >= 15 is 0 Å². The number of halogens is 1. The maximum absolute atomic E-state index is 12.3. The maximum Gasteiger partial charge on any atom is 0.152 e. The molecule has 0 amide bonds. The van der Waals surface area contributed by atoms with Gasteiger partial charge in [0.25, 0.3) is 0 Å². The highest BCUT2D eigenvalue weighted by Crippen LogP contribution is 2.50. The Morgan fingerprint density at radius 2 is 2.00 bits per heavy atom. The average molecular weight is 443 g/mol. The van der Waals surface area contributed by atoms with Crippen molar-refractivity contribution >= 4 is 34.7 Å². The number of hydrogen-bond acceptors (Lipinski definition) is 6. The lowest BCUT2D eigenvalue weighted by Gasteiger charge is -2.37. The molecule has 2 aromatic heterocycles. The number of nitrogens with zero attached hydrogens (tertiary/aromatic N) is 3. The van der Waals surface area contributed by atoms with E-state index < -0.39 is 0 Å². The molecule has 4 rings (SSSR count). The molecule has 3 heterocycles. The molecular weight excluding hydrogens is 412 g/mol. The van der Waals surface area contributed by atoms with Gasteiger partial charge in [-0.2, -0.15) is 0 Å². The average Bonchev–Trinajstić information content (AvgIpc) is 3.57. The van der Waals surface area contributed by atoms with E-state index in [4.69, 9.17) is 21.3 Å². The topological polar surface area (TPSA) is 67.4 Å². The molecule has 1 saturated carbocycles. The SMILES string of the molecule is CC(=O)C1(c2cnc(N(CC(C)C)C3CCOCC3)c(Nc3ccc(Cl)cn3)c2)CC1. The summed E-state index contributed by atoms with van der Waals surface area (Å²) < 4.78 is 5.60. The van der Waals surface area contributed by atoms with Crippen LogP contribution in [0, 0.1) is 5.92 Å². The Bertz CT molecular complexity index is 922. The summed E-state index contributed by atoms with van der Waals surface area (Å²) in [5.41, 5.74) is 1.49. The highest BCUT2D eigenvalue weighted by molar-refractivity contribution is 6.30. The van der Waals surface area contributed by atoms with Crippen molar-refractivity contribution < 1.29 is 9.53 Å². The fraction of sp³-hybridized carbons (Fsp3) is 0.542. The van der Waals surface area contributed by atoms with E-state index in [2.05, 4.69) is 35.1 Å². The second kappa shape index (κ2) is 9.13. The molecule has 0 atom stereocenters. The van der Waals surface area contributed by atoms with Crippen LogP contribution in [0.15, 0.2) is 30.6 Å². The minimum atomic E-state index is -0.378. The van der Waals surface area contributed by atoms with Crippen molar-refractivity contribution in [3.8, 4) is 0 Å². The number of carbonyl (C=O) groups is 1. The molecule has 1 N–H and O–H groups in total. The molecule has 2 fully saturated rings. The fourth-order valence-corrected chi connectivity index (χ4v) is 4.51. The molecule has 1 saturated heterocycles. The van der Waals surface area contributed by atoms with E-state index in [0.717, 1.165) is 62.5 Å². The normalized spacial score (nSPS) is 18.1. The van der Waals surface area contributed by atoms with Crippen LogP contribution >= 0.6 is 11.6 Å². The summed E-state index contributed by atoms with van der Waals surface area (Å²) >= 11 is 6.02. The number of rotatable bonds is 8. The number of hydrogen-bond donors (Lipinski definition) is 1. The summed E-state index contributed by atoms with van der Waals surface area (Å²) in [4.78, 5) is 24.1. The van der Waals surface area contributed by atoms with Crippen molar-refractivity contribution in [1.29, 1.82) is 0 Å². The highest BCUT2D eigenvalue weighted by atomic mass is 35.5. The van der Waals surface area contributed by atoms with Crippen molar-refractivity contribution in [2.45, 2.75) is 57.9 Å². The molecule has 0 unspecified atom stereocenters. The molecule has 0 bridgehead atoms. The van der Waals surface area contributed by atoms with Gasteiger partial charge in [0.05, 0.1) is 16.1 Å². The lowest BCUT2D eigenvalue weighted by molar-refractivity contribution is -0.119. The molecule has 0 spiro atoms. The van der Waals surface area contributed by atoms with E-state index in [1.54, 1.807) is 13.1 Å². The van der Waals surface area contributed by atoms with Crippen LogP contribution in [0.4, 0.5) is 17.3 Å². The minimum absolute atomic E-state index is 0.209. The van der Waals surface area contributed by atoms with E-state index in [9.17, 15) is 4.79 Å². The summed E-state index contributed by atoms with van der Waals surface area (Å²) in [6.07, 6.45) is 7.26. The Kier molecular flexibility index (Phi) is 6.49. The van der Waals surface area contributed by atoms with Crippen LogP contribution in [0.2, 0.25) is 5.02 Å². The van der Waals surface area contributed by atoms with Gasteiger partial charge >= 0.3 is 0 Å². The molecule has 1 aliphatic heterocycles. The van der Waals surface area contributed by atoms with Gasteiger partial charge < -0.3 is 15.0 Å². The van der Waals surface area contributed by atoms with Crippen LogP contribution in [-0.4, -0.2) is 41.6 Å². The van der Waals surface area contributed by atoms with Crippen LogP contribution in [0.1, 0.15) is 52.0 Å². The van der Waals surface area contributed by atoms with Gasteiger partial charge in [-0.25, -0.2) is 9.97 Å². The van der Waals surface area contributed by atoms with E-state index in [1.807, 2.05) is 18.3 Å². The first-order valence-electron chi connectivity index (χ1n) is 11.1. The van der Waals surface area contributed by atoms with E-state index in [1.165, 1.54) is 0 Å². The van der Waals surface area contributed by atoms with Crippen molar-refractivity contribution in [3.63, 3.8) is 0 Å². The Hall–Kier alpha value is -2.18. The van der Waals surface area contributed by atoms with Gasteiger partial charge in [-0.05, 0) is 62.3 Å². The Morgan fingerprint density at radius 1 is 1.26 bits per heavy atom. The summed E-state index contributed by atoms with van der Waals surface area (Å²) in [5.74, 6) is 2.30. The molecule has 2 aliphatic rings. The molecule has 0 aromatic carbocycles. The third kappa shape index (κ3) is 4.85. The van der Waals surface area contributed by atoms with Crippen LogP contribution in [0.25, 0.3) is 0 Å². The summed E-state index contributed by atoms with van der Waals surface area (Å²) in [7, 11) is 0. The van der Waals surface area contributed by atoms with Crippen molar-refractivity contribution in [2.24, 2.45) is 5.92 Å². The zero-order chi connectivity index (χ0) is 22.0. The van der Waals surface area contributed by atoms with Crippen LogP contribution in [-0.2, 0) is 14.9 Å². The predicted molar refractivity (Wildman–Crippen MR) is 124 cm³/mol. The van der Waals surface area contributed by atoms with Gasteiger partial charge in [0.1, 0.15) is 11.6 Å². The predicted octanol–water partition coefficient (Wildman–Crippen LogP) is 5.14. The Balaban J connectivity index is 1.75. The third-order valence-corrected chi connectivity index (χ3v) is 6.52. The number of nitrogens with one attached hydrogen (secondary N) is 1. The first kappa shape index (κ1) is 22.0. The number of anilines is 3. The van der Waals surface area contributed by atoms with Gasteiger partial charge in [0.15, 0.2) is 5.82 Å². The lowest BCUT2D eigenvalue weighted by atomic mass is 9.93. The molecular formula is C24H31ClN4O2. The van der Waals surface area contributed by atoms with E-state index in [-0.39, 0.29) is 11.2 Å². The number of aromatic nitrogens is 2. The molecule has 31 heavy (non-hydrogen) atoms. The van der Waals surface area contributed by atoms with Crippen LogP contribution < -0.4 is 10.2 Å². The minimum Gasteiger partial charge on any atom is -0.381 e. The number of carbonyl (C=O) groups excluding carboxylic acids is 1. The molecule has 2 aromatic rings. The standard InChI is InChI=1S/C24H31ClN4O2/c1-16(2)15-29(20-6-10-31-11-7-20)23-21(28-22-5-4-19(25)14-26-22)12-18(13-27-23)24(8-9-24)17(3)30/h4-5,12-14,16,20H,6-11,15H2,1-3H3,(H,26,28). The van der Waals surface area contributed by atoms with Crippen molar-refractivity contribution in [2.75, 3.05) is 30.0 Å². The summed E-state index contributed by atoms with van der Waals surface area (Å²) in [5, 5.41) is 4.05. The van der Waals surface area contributed by atoms with Gasteiger partial charge in [0, 0.05) is 38.2 Å². The smallest absolute Gasteiger partial charge is 0.152 e. The quantitative estimate of drug-likeness (QED) is 0.610. The lowest BCUT2D eigenvalue weighted by Crippen LogP contribution is -2.42.